The summed E-state index contributed by atoms with van der Waals surface area (Å²) in [5.74, 6) is 0.182. The molecule has 0 aliphatic heterocycles. The van der Waals surface area contributed by atoms with Gasteiger partial charge in [-0.05, 0) is 18.2 Å². The van der Waals surface area contributed by atoms with E-state index in [9.17, 15) is 8.42 Å². The first-order valence-electron chi connectivity index (χ1n) is 6.95. The van der Waals surface area contributed by atoms with Gasteiger partial charge in [0.25, 0.3) is 0 Å². The highest BCUT2D eigenvalue weighted by molar-refractivity contribution is 7.89. The molecule has 0 aromatic carbocycles. The summed E-state index contributed by atoms with van der Waals surface area (Å²) in [5.41, 5.74) is 7.63. The average molecular weight is 332 g/mol. The van der Waals surface area contributed by atoms with Crippen LogP contribution in [0.1, 0.15) is 6.92 Å². The van der Waals surface area contributed by atoms with Gasteiger partial charge in [-0.3, -0.25) is 4.98 Å². The van der Waals surface area contributed by atoms with Gasteiger partial charge >= 0.3 is 0 Å². The molecule has 0 bridgehead atoms. The summed E-state index contributed by atoms with van der Waals surface area (Å²) < 4.78 is 27.6. The molecular formula is C14H16N6O2S. The summed E-state index contributed by atoms with van der Waals surface area (Å²) in [6, 6.07) is 5.17. The van der Waals surface area contributed by atoms with E-state index >= 15 is 0 Å². The fraction of sp³-hybridized carbons (Fsp3) is 0.214. The SMILES string of the molecule is CCN(C)S(=O)(=O)c1cncc(-c2ccc3nc(N)nn3c2)c1. The quantitative estimate of drug-likeness (QED) is 0.764. The van der Waals surface area contributed by atoms with Gasteiger partial charge in [0.15, 0.2) is 5.65 Å². The van der Waals surface area contributed by atoms with E-state index in [2.05, 4.69) is 15.1 Å². The minimum Gasteiger partial charge on any atom is -0.366 e. The van der Waals surface area contributed by atoms with Crippen molar-refractivity contribution in [1.29, 1.82) is 0 Å². The first-order valence-corrected chi connectivity index (χ1v) is 8.39. The molecule has 3 heterocycles. The van der Waals surface area contributed by atoms with Crippen LogP contribution in [0.4, 0.5) is 5.95 Å². The van der Waals surface area contributed by atoms with E-state index in [0.717, 1.165) is 5.56 Å². The molecule has 120 valence electrons. The van der Waals surface area contributed by atoms with Crippen molar-refractivity contribution in [2.45, 2.75) is 11.8 Å². The first-order chi connectivity index (χ1) is 10.9. The van der Waals surface area contributed by atoms with E-state index in [-0.39, 0.29) is 10.8 Å². The molecule has 0 unspecified atom stereocenters. The summed E-state index contributed by atoms with van der Waals surface area (Å²) in [6.45, 7) is 2.16. The Bertz CT molecular complexity index is 966. The molecule has 0 spiro atoms. The zero-order valence-corrected chi connectivity index (χ0v) is 13.5. The summed E-state index contributed by atoms with van der Waals surface area (Å²) in [7, 11) is -2.01. The third-order valence-corrected chi connectivity index (χ3v) is 5.45. The number of hydrogen-bond donors (Lipinski definition) is 1. The van der Waals surface area contributed by atoms with Crippen LogP contribution in [-0.2, 0) is 10.0 Å². The van der Waals surface area contributed by atoms with Crippen LogP contribution < -0.4 is 5.73 Å². The fourth-order valence-corrected chi connectivity index (χ4v) is 3.31. The normalized spacial score (nSPS) is 12.1. The lowest BCUT2D eigenvalue weighted by molar-refractivity contribution is 0.486. The Labute approximate surface area is 133 Å². The predicted octanol–water partition coefficient (Wildman–Crippen LogP) is 1.01. The van der Waals surface area contributed by atoms with Gasteiger partial charge in [0, 0.05) is 43.3 Å². The maximum atomic E-state index is 12.4. The molecule has 23 heavy (non-hydrogen) atoms. The van der Waals surface area contributed by atoms with Gasteiger partial charge in [-0.1, -0.05) is 6.92 Å². The number of rotatable bonds is 4. The molecule has 3 aromatic rings. The van der Waals surface area contributed by atoms with Crippen LogP contribution in [0.5, 0.6) is 0 Å². The molecule has 3 rings (SSSR count). The van der Waals surface area contributed by atoms with Gasteiger partial charge in [0.05, 0.1) is 0 Å². The summed E-state index contributed by atoms with van der Waals surface area (Å²) in [4.78, 5) is 8.25. The number of nitrogens with two attached hydrogens (primary N) is 1. The van der Waals surface area contributed by atoms with Gasteiger partial charge < -0.3 is 5.73 Å². The Morgan fingerprint density at radius 3 is 2.78 bits per heavy atom. The number of aromatic nitrogens is 4. The second-order valence-corrected chi connectivity index (χ2v) is 7.06. The van der Waals surface area contributed by atoms with Gasteiger partial charge in [-0.15, -0.1) is 5.10 Å². The highest BCUT2D eigenvalue weighted by atomic mass is 32.2. The largest absolute Gasteiger partial charge is 0.366 e. The van der Waals surface area contributed by atoms with E-state index in [1.165, 1.54) is 17.5 Å². The Morgan fingerprint density at radius 1 is 1.26 bits per heavy atom. The lowest BCUT2D eigenvalue weighted by atomic mass is 10.1. The Morgan fingerprint density at radius 2 is 2.04 bits per heavy atom. The van der Waals surface area contributed by atoms with Crippen molar-refractivity contribution in [2.75, 3.05) is 19.3 Å². The lowest BCUT2D eigenvalue weighted by Gasteiger charge is -2.15. The van der Waals surface area contributed by atoms with Crippen LogP contribution in [-0.4, -0.2) is 45.9 Å². The molecule has 9 heteroatoms. The van der Waals surface area contributed by atoms with Crippen LogP contribution >= 0.6 is 0 Å². The van der Waals surface area contributed by atoms with Crippen molar-refractivity contribution >= 4 is 21.6 Å². The third-order valence-electron chi connectivity index (χ3n) is 3.55. The maximum absolute atomic E-state index is 12.4. The molecule has 0 aliphatic rings. The molecule has 0 aliphatic carbocycles. The van der Waals surface area contributed by atoms with E-state index in [4.69, 9.17) is 5.73 Å². The van der Waals surface area contributed by atoms with E-state index in [0.29, 0.717) is 17.8 Å². The predicted molar refractivity (Wildman–Crippen MR) is 86.1 cm³/mol. The zero-order valence-electron chi connectivity index (χ0n) is 12.7. The minimum absolute atomic E-state index is 0.151. The Balaban J connectivity index is 2.07. The van der Waals surface area contributed by atoms with Gasteiger partial charge in [0.2, 0.25) is 16.0 Å². The number of sulfonamides is 1. The van der Waals surface area contributed by atoms with Crippen molar-refractivity contribution in [2.24, 2.45) is 0 Å². The average Bonchev–Trinajstić information content (AvgIpc) is 2.93. The summed E-state index contributed by atoms with van der Waals surface area (Å²) >= 11 is 0. The number of nitrogens with zero attached hydrogens (tertiary/aromatic N) is 5. The number of pyridine rings is 2. The maximum Gasteiger partial charge on any atom is 0.244 e. The number of anilines is 1. The molecule has 0 saturated heterocycles. The second kappa shape index (κ2) is 5.60. The van der Waals surface area contributed by atoms with Crippen LogP contribution in [0.2, 0.25) is 0 Å². The smallest absolute Gasteiger partial charge is 0.244 e. The number of hydrogen-bond acceptors (Lipinski definition) is 6. The zero-order chi connectivity index (χ0) is 16.6. The van der Waals surface area contributed by atoms with E-state index < -0.39 is 10.0 Å². The highest BCUT2D eigenvalue weighted by Gasteiger charge is 2.20. The van der Waals surface area contributed by atoms with Crippen molar-refractivity contribution in [3.63, 3.8) is 0 Å². The molecule has 2 N–H and O–H groups in total. The van der Waals surface area contributed by atoms with E-state index in [1.54, 1.807) is 36.0 Å². The number of nitrogen functional groups attached to an aromatic ring is 1. The van der Waals surface area contributed by atoms with Crippen LogP contribution in [0.15, 0.2) is 41.7 Å². The van der Waals surface area contributed by atoms with Crippen LogP contribution in [0, 0.1) is 0 Å². The van der Waals surface area contributed by atoms with Crippen molar-refractivity contribution < 1.29 is 8.42 Å². The monoisotopic (exact) mass is 332 g/mol. The molecule has 0 fully saturated rings. The van der Waals surface area contributed by atoms with E-state index in [1.807, 2.05) is 6.07 Å². The Kier molecular flexibility index (Phi) is 3.74. The molecule has 0 atom stereocenters. The number of fused-ring (bicyclic) bond motifs is 1. The van der Waals surface area contributed by atoms with Crippen LogP contribution in [0.3, 0.4) is 0 Å². The summed E-state index contributed by atoms with van der Waals surface area (Å²) in [6.07, 6.45) is 4.68. The first kappa shape index (κ1) is 15.4. The molecule has 0 radical (unpaired) electrons. The highest BCUT2D eigenvalue weighted by Crippen LogP contribution is 2.23. The van der Waals surface area contributed by atoms with Gasteiger partial charge in [0.1, 0.15) is 4.90 Å². The molecule has 3 aromatic heterocycles. The van der Waals surface area contributed by atoms with Crippen molar-refractivity contribution in [3.8, 4) is 11.1 Å². The topological polar surface area (TPSA) is 106 Å². The van der Waals surface area contributed by atoms with Gasteiger partial charge in [-0.2, -0.15) is 4.98 Å². The molecule has 0 amide bonds. The summed E-state index contributed by atoms with van der Waals surface area (Å²) in [5, 5.41) is 4.05. The molecule has 0 saturated carbocycles. The fourth-order valence-electron chi connectivity index (χ4n) is 2.14. The Hall–Kier alpha value is -2.52. The van der Waals surface area contributed by atoms with Gasteiger partial charge in [-0.25, -0.2) is 17.2 Å². The standard InChI is InChI=1S/C14H16N6O2S/c1-3-19(2)23(21,22)12-6-11(7-16-8-12)10-4-5-13-17-14(15)18-20(13)9-10/h4-9H,3H2,1-2H3,(H2,15,18). The third kappa shape index (κ3) is 2.76. The molecule has 8 nitrogen and oxygen atoms in total. The molecular weight excluding hydrogens is 316 g/mol. The lowest BCUT2D eigenvalue weighted by Crippen LogP contribution is -2.26. The van der Waals surface area contributed by atoms with Crippen molar-refractivity contribution in [3.05, 3.63) is 36.8 Å². The second-order valence-electron chi connectivity index (χ2n) is 5.02. The minimum atomic E-state index is -3.54. The van der Waals surface area contributed by atoms with Crippen LogP contribution in [0.25, 0.3) is 16.8 Å². The van der Waals surface area contributed by atoms with Crippen molar-refractivity contribution in [1.82, 2.24) is 23.9 Å².